The van der Waals surface area contributed by atoms with Crippen LogP contribution in [0.5, 0.6) is 0 Å². The van der Waals surface area contributed by atoms with E-state index in [0.717, 1.165) is 32.5 Å². The van der Waals surface area contributed by atoms with Crippen LogP contribution in [0.15, 0.2) is 28.8 Å². The monoisotopic (exact) mass is 379 g/mol. The third-order valence-electron chi connectivity index (χ3n) is 4.59. The number of carbonyl (C=O) groups is 1. The van der Waals surface area contributed by atoms with Crippen molar-refractivity contribution in [1.29, 1.82) is 0 Å². The van der Waals surface area contributed by atoms with Gasteiger partial charge < -0.3 is 25.0 Å². The number of likely N-dealkylation sites (tertiary alicyclic amines) is 1. The summed E-state index contributed by atoms with van der Waals surface area (Å²) in [5, 5.41) is 26.4. The first-order valence-corrected chi connectivity index (χ1v) is 9.02. The number of halogens is 1. The highest BCUT2D eigenvalue weighted by Crippen LogP contribution is 2.30. The molecule has 2 heterocycles. The van der Waals surface area contributed by atoms with Crippen molar-refractivity contribution in [2.75, 3.05) is 38.1 Å². The Hall–Kier alpha value is -2.09. The van der Waals surface area contributed by atoms with Gasteiger partial charge in [-0.2, -0.15) is 0 Å². The van der Waals surface area contributed by atoms with E-state index in [1.165, 1.54) is 0 Å². The Kier molecular flexibility index (Phi) is 6.13. The minimum absolute atomic E-state index is 0.0131. The molecule has 140 valence electrons. The zero-order valence-electron chi connectivity index (χ0n) is 14.3. The van der Waals surface area contributed by atoms with E-state index in [1.807, 2.05) is 0 Å². The molecule has 1 aromatic heterocycles. The third-order valence-corrected chi connectivity index (χ3v) is 4.85. The second-order valence-electron chi connectivity index (χ2n) is 6.47. The fourth-order valence-corrected chi connectivity index (χ4v) is 3.37. The minimum Gasteiger partial charge on any atom is -0.477 e. The highest BCUT2D eigenvalue weighted by molar-refractivity contribution is 6.30. The molecule has 0 bridgehead atoms. The number of rotatable bonds is 7. The average Bonchev–Trinajstić information content (AvgIpc) is 3.07. The van der Waals surface area contributed by atoms with Gasteiger partial charge in [0.1, 0.15) is 0 Å². The number of carboxylic acid groups (broad SMARTS) is 1. The molecule has 1 aromatic carbocycles. The molecule has 1 fully saturated rings. The lowest BCUT2D eigenvalue weighted by Gasteiger charge is -2.31. The highest BCUT2D eigenvalue weighted by Gasteiger charge is 2.24. The summed E-state index contributed by atoms with van der Waals surface area (Å²) in [7, 11) is 0. The van der Waals surface area contributed by atoms with Crippen molar-refractivity contribution >= 4 is 23.4 Å². The number of hydrogen-bond acceptors (Lipinski definition) is 6. The minimum atomic E-state index is -1.10. The number of aromatic nitrogens is 1. The Morgan fingerprint density at radius 2 is 2.15 bits per heavy atom. The molecule has 0 aliphatic carbocycles. The lowest BCUT2D eigenvalue weighted by atomic mass is 9.99. The maximum absolute atomic E-state index is 11.7. The van der Waals surface area contributed by atoms with Crippen molar-refractivity contribution in [3.63, 3.8) is 0 Å². The largest absolute Gasteiger partial charge is 0.477 e. The fourth-order valence-electron chi connectivity index (χ4n) is 3.24. The standard InChI is InChI=1S/C18H22ClN3O4/c19-14-5-3-13(4-6-14)16-15(18(24)25)17(21-26-16)20-7-9-22-8-1-2-12(10-22)11-23/h3-6,12,23H,1-2,7-11H2,(H,20,21)(H,24,25). The number of nitrogens with zero attached hydrogens (tertiary/aromatic N) is 2. The van der Waals surface area contributed by atoms with Gasteiger partial charge in [-0.05, 0) is 49.6 Å². The van der Waals surface area contributed by atoms with Crippen LogP contribution in [-0.4, -0.2) is 59.0 Å². The van der Waals surface area contributed by atoms with E-state index in [1.54, 1.807) is 24.3 Å². The summed E-state index contributed by atoms with van der Waals surface area (Å²) in [6.07, 6.45) is 2.12. The molecule has 1 atom stereocenters. The molecule has 1 aliphatic rings. The van der Waals surface area contributed by atoms with Crippen LogP contribution in [-0.2, 0) is 0 Å². The molecular formula is C18H22ClN3O4. The molecule has 0 radical (unpaired) electrons. The van der Waals surface area contributed by atoms with Gasteiger partial charge in [0.05, 0.1) is 0 Å². The van der Waals surface area contributed by atoms with Crippen molar-refractivity contribution in [1.82, 2.24) is 10.1 Å². The highest BCUT2D eigenvalue weighted by atomic mass is 35.5. The van der Waals surface area contributed by atoms with Gasteiger partial charge in [-0.1, -0.05) is 16.8 Å². The predicted molar refractivity (Wildman–Crippen MR) is 98.6 cm³/mol. The molecule has 0 saturated carbocycles. The molecule has 7 nitrogen and oxygen atoms in total. The molecule has 1 aliphatic heterocycles. The van der Waals surface area contributed by atoms with Crippen LogP contribution in [0.25, 0.3) is 11.3 Å². The lowest BCUT2D eigenvalue weighted by Crippen LogP contribution is -2.39. The van der Waals surface area contributed by atoms with E-state index >= 15 is 0 Å². The number of anilines is 1. The van der Waals surface area contributed by atoms with Crippen LogP contribution in [0, 0.1) is 5.92 Å². The molecule has 3 N–H and O–H groups in total. The van der Waals surface area contributed by atoms with Gasteiger partial charge in [-0.15, -0.1) is 0 Å². The van der Waals surface area contributed by atoms with E-state index in [-0.39, 0.29) is 23.7 Å². The van der Waals surface area contributed by atoms with E-state index in [0.29, 0.717) is 23.0 Å². The van der Waals surface area contributed by atoms with Gasteiger partial charge >= 0.3 is 5.97 Å². The predicted octanol–water partition coefficient (Wildman–Crippen LogP) is 2.81. The summed E-state index contributed by atoms with van der Waals surface area (Å²) in [4.78, 5) is 13.9. The SMILES string of the molecule is O=C(O)c1c(NCCN2CCCC(CO)C2)noc1-c1ccc(Cl)cc1. The Balaban J connectivity index is 1.66. The molecule has 2 aromatic rings. The van der Waals surface area contributed by atoms with Crippen LogP contribution in [0.2, 0.25) is 5.02 Å². The summed E-state index contributed by atoms with van der Waals surface area (Å²) in [5.41, 5.74) is 0.619. The van der Waals surface area contributed by atoms with Gasteiger partial charge in [0, 0.05) is 36.8 Å². The van der Waals surface area contributed by atoms with E-state index in [9.17, 15) is 15.0 Å². The number of aliphatic hydroxyl groups excluding tert-OH is 1. The average molecular weight is 380 g/mol. The van der Waals surface area contributed by atoms with Crippen LogP contribution in [0.3, 0.4) is 0 Å². The van der Waals surface area contributed by atoms with Crippen LogP contribution >= 0.6 is 11.6 Å². The number of carboxylic acids is 1. The van der Waals surface area contributed by atoms with Gasteiger partial charge in [0.25, 0.3) is 0 Å². The smallest absolute Gasteiger partial charge is 0.343 e. The quantitative estimate of drug-likeness (QED) is 0.680. The molecule has 3 rings (SSSR count). The second kappa shape index (κ2) is 8.53. The number of hydrogen-bond donors (Lipinski definition) is 3. The molecule has 1 unspecified atom stereocenters. The first kappa shape index (κ1) is 18.7. The zero-order valence-corrected chi connectivity index (χ0v) is 15.1. The second-order valence-corrected chi connectivity index (χ2v) is 6.90. The summed E-state index contributed by atoms with van der Waals surface area (Å²) in [5.74, 6) is -0.355. The zero-order chi connectivity index (χ0) is 18.5. The summed E-state index contributed by atoms with van der Waals surface area (Å²) in [6, 6.07) is 6.74. The normalized spacial score (nSPS) is 18.0. The van der Waals surface area contributed by atoms with Crippen molar-refractivity contribution in [3.05, 3.63) is 34.9 Å². The Bertz CT molecular complexity index is 747. The van der Waals surface area contributed by atoms with Gasteiger partial charge in [-0.3, -0.25) is 0 Å². The molecule has 8 heteroatoms. The van der Waals surface area contributed by atoms with Crippen molar-refractivity contribution in [3.8, 4) is 11.3 Å². The lowest BCUT2D eigenvalue weighted by molar-refractivity contribution is 0.0698. The first-order valence-electron chi connectivity index (χ1n) is 8.64. The van der Waals surface area contributed by atoms with E-state index in [2.05, 4.69) is 15.4 Å². The number of aliphatic hydroxyl groups is 1. The number of benzene rings is 1. The van der Waals surface area contributed by atoms with E-state index in [4.69, 9.17) is 16.1 Å². The molecule has 26 heavy (non-hydrogen) atoms. The van der Waals surface area contributed by atoms with Crippen LogP contribution in [0.4, 0.5) is 5.82 Å². The maximum atomic E-state index is 11.7. The van der Waals surface area contributed by atoms with Crippen LogP contribution < -0.4 is 5.32 Å². The molecule has 0 spiro atoms. The fraction of sp³-hybridized carbons (Fsp3) is 0.444. The molecule has 0 amide bonds. The van der Waals surface area contributed by atoms with Gasteiger partial charge in [0.15, 0.2) is 17.1 Å². The summed E-state index contributed by atoms with van der Waals surface area (Å²) >= 11 is 5.87. The van der Waals surface area contributed by atoms with Crippen molar-refractivity contribution < 1.29 is 19.5 Å². The first-order chi connectivity index (χ1) is 12.6. The summed E-state index contributed by atoms with van der Waals surface area (Å²) in [6.45, 7) is 3.35. The third kappa shape index (κ3) is 4.35. The number of aromatic carboxylic acids is 1. The van der Waals surface area contributed by atoms with E-state index < -0.39 is 5.97 Å². The van der Waals surface area contributed by atoms with Crippen molar-refractivity contribution in [2.45, 2.75) is 12.8 Å². The number of nitrogens with one attached hydrogen (secondary N) is 1. The Morgan fingerprint density at radius 1 is 1.38 bits per heavy atom. The summed E-state index contributed by atoms with van der Waals surface area (Å²) < 4.78 is 5.28. The topological polar surface area (TPSA) is 98.8 Å². The molecular weight excluding hydrogens is 358 g/mol. The Labute approximate surface area is 156 Å². The maximum Gasteiger partial charge on any atom is 0.343 e. The van der Waals surface area contributed by atoms with Gasteiger partial charge in [0.2, 0.25) is 0 Å². The van der Waals surface area contributed by atoms with Gasteiger partial charge in [-0.25, -0.2) is 4.79 Å². The number of piperidine rings is 1. The van der Waals surface area contributed by atoms with Crippen LogP contribution in [0.1, 0.15) is 23.2 Å². The van der Waals surface area contributed by atoms with Crippen molar-refractivity contribution in [2.24, 2.45) is 5.92 Å². The molecule has 1 saturated heterocycles. The Morgan fingerprint density at radius 3 is 2.85 bits per heavy atom.